The van der Waals surface area contributed by atoms with Crippen LogP contribution in [0, 0.1) is 0 Å². The maximum Gasteiger partial charge on any atom is 0.327 e. The Hall–Kier alpha value is -1.06. The van der Waals surface area contributed by atoms with Gasteiger partial charge in [0.15, 0.2) is 0 Å². The van der Waals surface area contributed by atoms with E-state index < -0.39 is 11.9 Å². The quantitative estimate of drug-likeness (QED) is 0.348. The van der Waals surface area contributed by atoms with Crippen molar-refractivity contribution >= 4 is 11.9 Å². The van der Waals surface area contributed by atoms with E-state index in [1.807, 2.05) is 0 Å². The molecule has 21 heavy (non-hydrogen) atoms. The van der Waals surface area contributed by atoms with Crippen LogP contribution in [-0.4, -0.2) is 22.2 Å². The SMILES string of the molecule is CCCCCC=CC(=O)O.CCCCCC=CC(=O)O.[Cu]. The Labute approximate surface area is 138 Å². The summed E-state index contributed by atoms with van der Waals surface area (Å²) in [4.78, 5) is 19.9. The Morgan fingerprint density at radius 1 is 0.762 bits per heavy atom. The Bertz CT molecular complexity index is 269. The van der Waals surface area contributed by atoms with Gasteiger partial charge in [-0.25, -0.2) is 9.59 Å². The van der Waals surface area contributed by atoms with Gasteiger partial charge in [0.1, 0.15) is 0 Å². The van der Waals surface area contributed by atoms with Gasteiger partial charge in [0.05, 0.1) is 0 Å². The van der Waals surface area contributed by atoms with Crippen LogP contribution < -0.4 is 0 Å². The zero-order valence-electron chi connectivity index (χ0n) is 13.0. The Kier molecular flexibility index (Phi) is 25.2. The van der Waals surface area contributed by atoms with Crippen LogP contribution >= 0.6 is 0 Å². The standard InChI is InChI=1S/2C8H14O2.Cu/c2*1-2-3-4-5-6-7-8(9)10;/h2*6-7H,2-5H2,1H3,(H,9,10);. The molecular weight excluding hydrogens is 320 g/mol. The third-order valence-electron chi connectivity index (χ3n) is 2.47. The normalized spacial score (nSPS) is 10.0. The minimum atomic E-state index is -0.850. The van der Waals surface area contributed by atoms with Gasteiger partial charge < -0.3 is 10.2 Å². The molecule has 0 amide bonds. The average Bonchev–Trinajstić information content (AvgIpc) is 2.38. The van der Waals surface area contributed by atoms with Crippen LogP contribution in [0.2, 0.25) is 0 Å². The Morgan fingerprint density at radius 3 is 1.33 bits per heavy atom. The maximum atomic E-state index is 9.95. The van der Waals surface area contributed by atoms with E-state index >= 15 is 0 Å². The van der Waals surface area contributed by atoms with Gasteiger partial charge in [-0.1, -0.05) is 51.7 Å². The Balaban J connectivity index is -0.000000295. The minimum Gasteiger partial charge on any atom is -0.478 e. The predicted octanol–water partition coefficient (Wildman–Crippen LogP) is 4.41. The first kappa shape index (κ1) is 24.9. The van der Waals surface area contributed by atoms with Crippen LogP contribution in [0.15, 0.2) is 24.3 Å². The largest absolute Gasteiger partial charge is 0.478 e. The molecule has 0 bridgehead atoms. The van der Waals surface area contributed by atoms with Gasteiger partial charge >= 0.3 is 11.9 Å². The first-order valence-electron chi connectivity index (χ1n) is 7.33. The third-order valence-corrected chi connectivity index (χ3v) is 2.47. The van der Waals surface area contributed by atoms with Crippen molar-refractivity contribution in [1.82, 2.24) is 0 Å². The van der Waals surface area contributed by atoms with E-state index in [0.29, 0.717) is 0 Å². The average molecular weight is 348 g/mol. The van der Waals surface area contributed by atoms with Crippen LogP contribution in [0.5, 0.6) is 0 Å². The molecule has 0 heterocycles. The summed E-state index contributed by atoms with van der Waals surface area (Å²) < 4.78 is 0. The third kappa shape index (κ3) is 32.5. The molecule has 5 heteroatoms. The second-order valence-corrected chi connectivity index (χ2v) is 4.47. The van der Waals surface area contributed by atoms with Crippen molar-refractivity contribution in [3.05, 3.63) is 24.3 Å². The van der Waals surface area contributed by atoms with E-state index in [1.54, 1.807) is 12.2 Å². The van der Waals surface area contributed by atoms with Crippen molar-refractivity contribution in [2.75, 3.05) is 0 Å². The van der Waals surface area contributed by atoms with Crippen LogP contribution in [0.1, 0.15) is 65.2 Å². The van der Waals surface area contributed by atoms with Crippen molar-refractivity contribution in [3.63, 3.8) is 0 Å². The van der Waals surface area contributed by atoms with Gasteiger partial charge in [0.2, 0.25) is 0 Å². The molecule has 0 aromatic rings. The fourth-order valence-electron chi connectivity index (χ4n) is 1.39. The molecule has 0 aliphatic rings. The van der Waals surface area contributed by atoms with Crippen LogP contribution in [0.25, 0.3) is 0 Å². The summed E-state index contributed by atoms with van der Waals surface area (Å²) in [5.41, 5.74) is 0. The van der Waals surface area contributed by atoms with Crippen LogP contribution in [0.4, 0.5) is 0 Å². The van der Waals surface area contributed by atoms with Crippen molar-refractivity contribution in [2.24, 2.45) is 0 Å². The van der Waals surface area contributed by atoms with Crippen molar-refractivity contribution in [1.29, 1.82) is 0 Å². The number of carboxylic acids is 2. The molecule has 0 rings (SSSR count). The van der Waals surface area contributed by atoms with E-state index in [9.17, 15) is 9.59 Å². The van der Waals surface area contributed by atoms with Crippen molar-refractivity contribution < 1.29 is 36.9 Å². The molecule has 127 valence electrons. The maximum absolute atomic E-state index is 9.95. The topological polar surface area (TPSA) is 74.6 Å². The van der Waals surface area contributed by atoms with E-state index in [1.165, 1.54) is 37.8 Å². The summed E-state index contributed by atoms with van der Waals surface area (Å²) in [5.74, 6) is -1.70. The van der Waals surface area contributed by atoms with E-state index in [4.69, 9.17) is 10.2 Å². The minimum absolute atomic E-state index is 0. The summed E-state index contributed by atoms with van der Waals surface area (Å²) >= 11 is 0. The number of hydrogen-bond donors (Lipinski definition) is 2. The number of carboxylic acid groups (broad SMARTS) is 2. The molecule has 0 saturated heterocycles. The van der Waals surface area contributed by atoms with Gasteiger partial charge in [-0.05, 0) is 25.7 Å². The first-order valence-corrected chi connectivity index (χ1v) is 7.33. The molecule has 0 saturated carbocycles. The molecule has 1 radical (unpaired) electrons. The summed E-state index contributed by atoms with van der Waals surface area (Å²) in [7, 11) is 0. The van der Waals surface area contributed by atoms with Crippen LogP contribution in [-0.2, 0) is 26.7 Å². The van der Waals surface area contributed by atoms with Gasteiger partial charge in [0, 0.05) is 29.2 Å². The van der Waals surface area contributed by atoms with Gasteiger partial charge in [-0.3, -0.25) is 0 Å². The van der Waals surface area contributed by atoms with E-state index in [2.05, 4.69) is 13.8 Å². The van der Waals surface area contributed by atoms with Crippen LogP contribution in [0.3, 0.4) is 0 Å². The molecule has 0 fully saturated rings. The number of carbonyl (C=O) groups is 2. The van der Waals surface area contributed by atoms with Crippen molar-refractivity contribution in [3.8, 4) is 0 Å². The number of allylic oxidation sites excluding steroid dienone is 2. The van der Waals surface area contributed by atoms with Gasteiger partial charge in [-0.15, -0.1) is 0 Å². The molecular formula is C16H28CuO4. The van der Waals surface area contributed by atoms with E-state index in [-0.39, 0.29) is 17.1 Å². The smallest absolute Gasteiger partial charge is 0.327 e. The number of aliphatic carboxylic acids is 2. The molecule has 0 atom stereocenters. The fraction of sp³-hybridized carbons (Fsp3) is 0.625. The summed E-state index contributed by atoms with van der Waals surface area (Å²) in [5, 5.41) is 16.4. The number of rotatable bonds is 10. The molecule has 2 N–H and O–H groups in total. The zero-order chi connectivity index (χ0) is 15.6. The summed E-state index contributed by atoms with van der Waals surface area (Å²) in [6, 6.07) is 0. The number of unbranched alkanes of at least 4 members (excludes halogenated alkanes) is 6. The molecule has 0 aromatic carbocycles. The molecule has 0 aliphatic carbocycles. The van der Waals surface area contributed by atoms with Crippen molar-refractivity contribution in [2.45, 2.75) is 65.2 Å². The second kappa shape index (κ2) is 21.2. The number of hydrogen-bond acceptors (Lipinski definition) is 2. The molecule has 0 unspecified atom stereocenters. The van der Waals surface area contributed by atoms with Gasteiger partial charge in [0.25, 0.3) is 0 Å². The molecule has 4 nitrogen and oxygen atoms in total. The predicted molar refractivity (Wildman–Crippen MR) is 81.8 cm³/mol. The monoisotopic (exact) mass is 347 g/mol. The summed E-state index contributed by atoms with van der Waals surface area (Å²) in [6.07, 6.45) is 14.5. The fourth-order valence-corrected chi connectivity index (χ4v) is 1.39. The second-order valence-electron chi connectivity index (χ2n) is 4.47. The Morgan fingerprint density at radius 2 is 1.10 bits per heavy atom. The molecule has 0 aliphatic heterocycles. The zero-order valence-corrected chi connectivity index (χ0v) is 13.9. The molecule has 0 spiro atoms. The van der Waals surface area contributed by atoms with Gasteiger partial charge in [-0.2, -0.15) is 0 Å². The summed E-state index contributed by atoms with van der Waals surface area (Å²) in [6.45, 7) is 4.25. The molecule has 0 aromatic heterocycles. The van der Waals surface area contributed by atoms with E-state index in [0.717, 1.165) is 25.7 Å². The first-order chi connectivity index (χ1) is 9.54.